The summed E-state index contributed by atoms with van der Waals surface area (Å²) in [6.45, 7) is 1.72. The van der Waals surface area contributed by atoms with Crippen molar-refractivity contribution in [3.05, 3.63) is 0 Å². The standard InChI is InChI=1S/C4H9NO.Na.H/c1-5-2-4(6)3-5;;/h4,6H,2-3H2,1H3;;/q;+1;-1. The fourth-order valence-electron chi connectivity index (χ4n) is 0.666. The Hall–Kier alpha value is 0.920. The topological polar surface area (TPSA) is 23.5 Å². The Bertz CT molecular complexity index is 52.0. The van der Waals surface area contributed by atoms with Crippen molar-refractivity contribution in [1.82, 2.24) is 4.90 Å². The third kappa shape index (κ3) is 2.11. The molecule has 1 aliphatic heterocycles. The summed E-state index contributed by atoms with van der Waals surface area (Å²) in [6.07, 6.45) is -0.0324. The van der Waals surface area contributed by atoms with Gasteiger partial charge in [0.1, 0.15) is 0 Å². The number of aliphatic hydroxyl groups excluding tert-OH is 1. The summed E-state index contributed by atoms with van der Waals surface area (Å²) < 4.78 is 0. The zero-order valence-corrected chi connectivity index (χ0v) is 6.89. The van der Waals surface area contributed by atoms with E-state index in [1.54, 1.807) is 0 Å². The Morgan fingerprint density at radius 2 is 2.14 bits per heavy atom. The van der Waals surface area contributed by atoms with E-state index in [1.807, 2.05) is 7.05 Å². The van der Waals surface area contributed by atoms with Crippen LogP contribution in [0.4, 0.5) is 0 Å². The van der Waals surface area contributed by atoms with Gasteiger partial charge >= 0.3 is 29.6 Å². The van der Waals surface area contributed by atoms with Crippen molar-refractivity contribution < 1.29 is 36.1 Å². The van der Waals surface area contributed by atoms with Crippen LogP contribution in [-0.4, -0.2) is 36.2 Å². The van der Waals surface area contributed by atoms with Crippen molar-refractivity contribution in [2.24, 2.45) is 0 Å². The van der Waals surface area contributed by atoms with E-state index in [-0.39, 0.29) is 37.1 Å². The average Bonchev–Trinajstić information content (AvgIpc) is 1.33. The molecule has 1 rings (SSSR count). The smallest absolute Gasteiger partial charge is 1.00 e. The Balaban J connectivity index is 0. The second-order valence-electron chi connectivity index (χ2n) is 1.88. The molecule has 1 aliphatic rings. The minimum atomic E-state index is -0.0324. The van der Waals surface area contributed by atoms with Crippen molar-refractivity contribution in [3.8, 4) is 0 Å². The molecule has 1 heterocycles. The maximum atomic E-state index is 8.58. The fourth-order valence-corrected chi connectivity index (χ4v) is 0.666. The predicted octanol–water partition coefficient (Wildman–Crippen LogP) is -3.59. The predicted molar refractivity (Wildman–Crippen MR) is 24.6 cm³/mol. The fraction of sp³-hybridized carbons (Fsp3) is 1.00. The van der Waals surface area contributed by atoms with Gasteiger partial charge in [0.05, 0.1) is 6.10 Å². The summed E-state index contributed by atoms with van der Waals surface area (Å²) >= 11 is 0. The molecule has 0 unspecified atom stereocenters. The van der Waals surface area contributed by atoms with Gasteiger partial charge in [0.15, 0.2) is 0 Å². The molecule has 0 aromatic heterocycles. The molecule has 0 spiro atoms. The molecular formula is C4H10NNaO. The van der Waals surface area contributed by atoms with Crippen LogP contribution in [0.1, 0.15) is 1.43 Å². The molecule has 1 N–H and O–H groups in total. The Labute approximate surface area is 67.3 Å². The van der Waals surface area contributed by atoms with E-state index in [2.05, 4.69) is 4.90 Å². The number of rotatable bonds is 0. The van der Waals surface area contributed by atoms with Crippen LogP contribution in [0.25, 0.3) is 0 Å². The third-order valence-electron chi connectivity index (χ3n) is 1.04. The van der Waals surface area contributed by atoms with Crippen molar-refractivity contribution in [3.63, 3.8) is 0 Å². The number of hydrogen-bond donors (Lipinski definition) is 1. The van der Waals surface area contributed by atoms with Crippen LogP contribution in [0, 0.1) is 0 Å². The van der Waals surface area contributed by atoms with Crippen LogP contribution in [0.15, 0.2) is 0 Å². The van der Waals surface area contributed by atoms with Gasteiger partial charge in [0, 0.05) is 13.1 Å². The quantitative estimate of drug-likeness (QED) is 0.327. The normalized spacial score (nSPS) is 23.1. The third-order valence-corrected chi connectivity index (χ3v) is 1.04. The molecule has 1 fully saturated rings. The summed E-state index contributed by atoms with van der Waals surface area (Å²) in [5.74, 6) is 0. The zero-order chi connectivity index (χ0) is 4.57. The zero-order valence-electron chi connectivity index (χ0n) is 5.89. The molecule has 3 heteroatoms. The molecule has 0 amide bonds. The Morgan fingerprint density at radius 1 is 1.71 bits per heavy atom. The minimum absolute atomic E-state index is 0. The average molecular weight is 111 g/mol. The first-order valence-corrected chi connectivity index (χ1v) is 2.15. The van der Waals surface area contributed by atoms with Crippen LogP contribution in [0.2, 0.25) is 0 Å². The van der Waals surface area contributed by atoms with Gasteiger partial charge in [-0.05, 0) is 7.05 Å². The minimum Gasteiger partial charge on any atom is -1.00 e. The number of nitrogens with zero attached hydrogens (tertiary/aromatic N) is 1. The van der Waals surface area contributed by atoms with Crippen LogP contribution >= 0.6 is 0 Å². The maximum absolute atomic E-state index is 8.58. The monoisotopic (exact) mass is 111 g/mol. The Morgan fingerprint density at radius 3 is 2.14 bits per heavy atom. The van der Waals surface area contributed by atoms with Gasteiger partial charge in [-0.1, -0.05) is 0 Å². The maximum Gasteiger partial charge on any atom is 1.00 e. The molecule has 2 nitrogen and oxygen atoms in total. The van der Waals surface area contributed by atoms with Crippen molar-refractivity contribution in [1.29, 1.82) is 0 Å². The molecule has 0 aromatic rings. The van der Waals surface area contributed by atoms with Gasteiger partial charge < -0.3 is 11.4 Å². The molecule has 38 valence electrons. The van der Waals surface area contributed by atoms with Crippen molar-refractivity contribution in [2.75, 3.05) is 20.1 Å². The summed E-state index contributed by atoms with van der Waals surface area (Å²) in [6, 6.07) is 0. The van der Waals surface area contributed by atoms with E-state index in [0.717, 1.165) is 13.1 Å². The van der Waals surface area contributed by atoms with Crippen LogP contribution < -0.4 is 29.6 Å². The first-order chi connectivity index (χ1) is 2.79. The van der Waals surface area contributed by atoms with E-state index in [9.17, 15) is 0 Å². The van der Waals surface area contributed by atoms with Crippen molar-refractivity contribution in [2.45, 2.75) is 6.10 Å². The van der Waals surface area contributed by atoms with Gasteiger partial charge in [-0.2, -0.15) is 0 Å². The van der Waals surface area contributed by atoms with E-state index >= 15 is 0 Å². The molecule has 0 atom stereocenters. The summed E-state index contributed by atoms with van der Waals surface area (Å²) in [7, 11) is 1.99. The first-order valence-electron chi connectivity index (χ1n) is 2.15. The molecule has 0 bridgehead atoms. The van der Waals surface area contributed by atoms with Gasteiger partial charge in [-0.3, -0.25) is 0 Å². The first kappa shape index (κ1) is 7.92. The number of hydrogen-bond acceptors (Lipinski definition) is 2. The van der Waals surface area contributed by atoms with E-state index in [4.69, 9.17) is 5.11 Å². The number of aliphatic hydroxyl groups is 1. The van der Waals surface area contributed by atoms with Gasteiger partial charge in [0.2, 0.25) is 0 Å². The van der Waals surface area contributed by atoms with Crippen LogP contribution in [-0.2, 0) is 0 Å². The molecule has 0 saturated carbocycles. The van der Waals surface area contributed by atoms with E-state index < -0.39 is 0 Å². The van der Waals surface area contributed by atoms with E-state index in [1.165, 1.54) is 0 Å². The number of β-amino-alcohol motifs (C(OH)–C–C–N with tert-alkyl or cyclic N) is 1. The van der Waals surface area contributed by atoms with Gasteiger partial charge in [-0.25, -0.2) is 0 Å². The molecule has 7 heavy (non-hydrogen) atoms. The molecule has 1 saturated heterocycles. The second-order valence-corrected chi connectivity index (χ2v) is 1.88. The van der Waals surface area contributed by atoms with Gasteiger partial charge in [0.25, 0.3) is 0 Å². The van der Waals surface area contributed by atoms with Crippen LogP contribution in [0.5, 0.6) is 0 Å². The summed E-state index contributed by atoms with van der Waals surface area (Å²) in [4.78, 5) is 2.07. The summed E-state index contributed by atoms with van der Waals surface area (Å²) in [5, 5.41) is 8.58. The molecular weight excluding hydrogens is 101 g/mol. The molecule has 0 radical (unpaired) electrons. The molecule has 0 aromatic carbocycles. The SMILES string of the molecule is CN1CC(O)C1.[H-].[Na+]. The van der Waals surface area contributed by atoms with E-state index in [0.29, 0.717) is 0 Å². The van der Waals surface area contributed by atoms with Crippen molar-refractivity contribution >= 4 is 0 Å². The largest absolute Gasteiger partial charge is 1.00 e. The second kappa shape index (κ2) is 3.05. The van der Waals surface area contributed by atoms with Crippen LogP contribution in [0.3, 0.4) is 0 Å². The molecule has 0 aliphatic carbocycles. The van der Waals surface area contributed by atoms with Gasteiger partial charge in [-0.15, -0.1) is 0 Å². The summed E-state index contributed by atoms with van der Waals surface area (Å²) in [5.41, 5.74) is 0. The number of likely N-dealkylation sites (tertiary alicyclic amines) is 1. The Kier molecular flexibility index (Phi) is 3.45. The number of likely N-dealkylation sites (N-methyl/N-ethyl adjacent to an activating group) is 1.